The van der Waals surface area contributed by atoms with Crippen LogP contribution in [0.15, 0.2) is 24.3 Å². The molecule has 1 saturated heterocycles. The van der Waals surface area contributed by atoms with Gasteiger partial charge in [0, 0.05) is 18.8 Å². The van der Waals surface area contributed by atoms with Gasteiger partial charge in [0.05, 0.1) is 27.7 Å². The van der Waals surface area contributed by atoms with Gasteiger partial charge < -0.3 is 4.90 Å². The van der Waals surface area contributed by atoms with Gasteiger partial charge >= 0.3 is 0 Å². The van der Waals surface area contributed by atoms with Gasteiger partial charge in [0.15, 0.2) is 0 Å². The van der Waals surface area contributed by atoms with Crippen LogP contribution in [-0.4, -0.2) is 39.1 Å². The molecule has 1 aromatic heterocycles. The number of benzene rings is 1. The fourth-order valence-corrected chi connectivity index (χ4v) is 4.00. The van der Waals surface area contributed by atoms with Gasteiger partial charge in [0.25, 0.3) is 0 Å². The number of thioether (sulfide) groups is 1. The molecular weight excluding hydrogens is 318 g/mol. The molecule has 0 spiro atoms. The summed E-state index contributed by atoms with van der Waals surface area (Å²) in [5.74, 6) is 1.73. The number of carbonyl (C=O) groups excluding carboxylic acids is 1. The van der Waals surface area contributed by atoms with E-state index >= 15 is 0 Å². The first-order valence-electron chi connectivity index (χ1n) is 8.67. The van der Waals surface area contributed by atoms with E-state index in [1.807, 2.05) is 43.0 Å². The zero-order valence-corrected chi connectivity index (χ0v) is 15.5. The molecule has 0 saturated carbocycles. The van der Waals surface area contributed by atoms with Gasteiger partial charge in [-0.25, -0.2) is 9.97 Å². The third-order valence-electron chi connectivity index (χ3n) is 4.76. The van der Waals surface area contributed by atoms with Crippen molar-refractivity contribution in [1.82, 2.24) is 14.9 Å². The number of likely N-dealkylation sites (tertiary alicyclic amines) is 1. The van der Waals surface area contributed by atoms with Crippen LogP contribution in [0.25, 0.3) is 11.0 Å². The van der Waals surface area contributed by atoms with E-state index in [9.17, 15) is 4.79 Å². The minimum Gasteiger partial charge on any atom is -0.342 e. The number of piperidine rings is 1. The molecule has 1 aliphatic heterocycles. The summed E-state index contributed by atoms with van der Waals surface area (Å²) in [5, 5.41) is -0.0360. The number of nitrogens with zero attached hydrogens (tertiary/aromatic N) is 3. The minimum absolute atomic E-state index is 0.0360. The first-order valence-corrected chi connectivity index (χ1v) is 9.72. The lowest BCUT2D eigenvalue weighted by Gasteiger charge is -2.32. The summed E-state index contributed by atoms with van der Waals surface area (Å²) >= 11 is 1.66. The van der Waals surface area contributed by atoms with E-state index < -0.39 is 0 Å². The van der Waals surface area contributed by atoms with Gasteiger partial charge in [-0.05, 0) is 44.7 Å². The van der Waals surface area contributed by atoms with Crippen LogP contribution in [-0.2, 0) is 10.5 Å². The average molecular weight is 343 g/mol. The van der Waals surface area contributed by atoms with Gasteiger partial charge in [-0.2, -0.15) is 0 Å². The maximum Gasteiger partial charge on any atom is 0.235 e. The highest BCUT2D eigenvalue weighted by molar-refractivity contribution is 7.99. The Bertz CT molecular complexity index is 726. The van der Waals surface area contributed by atoms with Crippen molar-refractivity contribution >= 4 is 28.7 Å². The molecule has 1 aliphatic rings. The highest BCUT2D eigenvalue weighted by Crippen LogP contribution is 2.24. The Morgan fingerprint density at radius 3 is 2.54 bits per heavy atom. The number of hydrogen-bond acceptors (Lipinski definition) is 4. The maximum atomic E-state index is 12.6. The lowest BCUT2D eigenvalue weighted by atomic mass is 9.99. The van der Waals surface area contributed by atoms with Crippen LogP contribution in [0.2, 0.25) is 0 Å². The molecule has 1 atom stereocenters. The van der Waals surface area contributed by atoms with E-state index in [2.05, 4.69) is 11.9 Å². The smallest absolute Gasteiger partial charge is 0.235 e. The van der Waals surface area contributed by atoms with E-state index in [1.54, 1.807) is 11.8 Å². The lowest BCUT2D eigenvalue weighted by molar-refractivity contribution is -0.131. The van der Waals surface area contributed by atoms with Crippen LogP contribution in [0.3, 0.4) is 0 Å². The molecule has 1 unspecified atom stereocenters. The molecule has 1 fully saturated rings. The normalized spacial score (nSPS) is 17.2. The van der Waals surface area contributed by atoms with Crippen LogP contribution >= 0.6 is 11.8 Å². The Labute approximate surface area is 148 Å². The van der Waals surface area contributed by atoms with E-state index in [1.165, 1.54) is 0 Å². The van der Waals surface area contributed by atoms with E-state index in [0.29, 0.717) is 0 Å². The molecule has 2 heterocycles. The Kier molecular flexibility index (Phi) is 5.39. The number of aromatic nitrogens is 2. The van der Waals surface area contributed by atoms with Crippen molar-refractivity contribution in [1.29, 1.82) is 0 Å². The van der Waals surface area contributed by atoms with Gasteiger partial charge in [-0.3, -0.25) is 4.79 Å². The molecule has 0 aliphatic carbocycles. The Balaban J connectivity index is 1.62. The van der Waals surface area contributed by atoms with Gasteiger partial charge in [-0.1, -0.05) is 19.1 Å². The zero-order valence-electron chi connectivity index (χ0n) is 14.7. The van der Waals surface area contributed by atoms with E-state index in [4.69, 9.17) is 4.98 Å². The molecule has 24 heavy (non-hydrogen) atoms. The number of fused-ring (bicyclic) bond motifs is 1. The zero-order chi connectivity index (χ0) is 17.1. The monoisotopic (exact) mass is 343 g/mol. The summed E-state index contributed by atoms with van der Waals surface area (Å²) in [6.07, 6.45) is 2.25. The number of rotatable bonds is 4. The van der Waals surface area contributed by atoms with Crippen molar-refractivity contribution in [2.24, 2.45) is 5.92 Å². The molecule has 0 N–H and O–H groups in total. The van der Waals surface area contributed by atoms with E-state index in [0.717, 1.165) is 60.0 Å². The van der Waals surface area contributed by atoms with E-state index in [-0.39, 0.29) is 11.2 Å². The van der Waals surface area contributed by atoms with Crippen LogP contribution in [0.4, 0.5) is 0 Å². The third-order valence-corrected chi connectivity index (χ3v) is 5.90. The second-order valence-corrected chi connectivity index (χ2v) is 8.03. The van der Waals surface area contributed by atoms with Gasteiger partial charge in [-0.15, -0.1) is 11.8 Å². The Morgan fingerprint density at radius 2 is 1.88 bits per heavy atom. The molecule has 0 bridgehead atoms. The van der Waals surface area contributed by atoms with Gasteiger partial charge in [0.1, 0.15) is 0 Å². The molecule has 1 aromatic carbocycles. The predicted molar refractivity (Wildman–Crippen MR) is 100 cm³/mol. The fourth-order valence-electron chi connectivity index (χ4n) is 3.02. The van der Waals surface area contributed by atoms with Crippen LogP contribution in [0, 0.1) is 12.8 Å². The molecule has 3 rings (SSSR count). The first kappa shape index (κ1) is 17.2. The summed E-state index contributed by atoms with van der Waals surface area (Å²) in [7, 11) is 0. The highest BCUT2D eigenvalue weighted by Gasteiger charge is 2.24. The Hall–Kier alpha value is -1.62. The average Bonchev–Trinajstić information content (AvgIpc) is 2.59. The maximum absolute atomic E-state index is 12.6. The number of amides is 1. The minimum atomic E-state index is -0.0360. The highest BCUT2D eigenvalue weighted by atomic mass is 32.2. The van der Waals surface area contributed by atoms with Crippen molar-refractivity contribution in [2.45, 2.75) is 44.6 Å². The number of aryl methyl sites for hydroxylation is 1. The van der Waals surface area contributed by atoms with Crippen LogP contribution in [0.1, 0.15) is 38.1 Å². The molecule has 4 nitrogen and oxygen atoms in total. The summed E-state index contributed by atoms with van der Waals surface area (Å²) in [5.41, 5.74) is 3.77. The van der Waals surface area contributed by atoms with Crippen molar-refractivity contribution < 1.29 is 4.79 Å². The summed E-state index contributed by atoms with van der Waals surface area (Å²) in [4.78, 5) is 24.0. The summed E-state index contributed by atoms with van der Waals surface area (Å²) in [6.45, 7) is 8.07. The summed E-state index contributed by atoms with van der Waals surface area (Å²) in [6, 6.07) is 7.92. The standard InChI is InChI=1S/C19H25N3OS/c1-13-8-10-22(11-9-13)19(23)15(3)24-12-18-14(2)20-16-6-4-5-7-17(16)21-18/h4-7,13,15H,8-12H2,1-3H3. The van der Waals surface area contributed by atoms with Crippen LogP contribution < -0.4 is 0 Å². The topological polar surface area (TPSA) is 46.1 Å². The molecular formula is C19H25N3OS. The van der Waals surface area contributed by atoms with Crippen molar-refractivity contribution in [3.63, 3.8) is 0 Å². The second-order valence-electron chi connectivity index (χ2n) is 6.71. The van der Waals surface area contributed by atoms with Crippen molar-refractivity contribution in [3.8, 4) is 0 Å². The SMILES string of the molecule is Cc1nc2ccccc2nc1CSC(C)C(=O)N1CCC(C)CC1. The molecule has 1 amide bonds. The quantitative estimate of drug-likeness (QED) is 0.847. The lowest BCUT2D eigenvalue weighted by Crippen LogP contribution is -2.41. The predicted octanol–water partition coefficient (Wildman–Crippen LogP) is 3.82. The first-order chi connectivity index (χ1) is 11.5. The van der Waals surface area contributed by atoms with Crippen LogP contribution in [0.5, 0.6) is 0 Å². The number of para-hydroxylation sites is 2. The number of carbonyl (C=O) groups is 1. The fraction of sp³-hybridized carbons (Fsp3) is 0.526. The second kappa shape index (κ2) is 7.51. The third kappa shape index (κ3) is 3.89. The number of hydrogen-bond donors (Lipinski definition) is 0. The van der Waals surface area contributed by atoms with Crippen molar-refractivity contribution in [2.75, 3.05) is 13.1 Å². The Morgan fingerprint density at radius 1 is 1.25 bits per heavy atom. The van der Waals surface area contributed by atoms with Gasteiger partial charge in [0.2, 0.25) is 5.91 Å². The molecule has 0 radical (unpaired) electrons. The summed E-state index contributed by atoms with van der Waals surface area (Å²) < 4.78 is 0. The van der Waals surface area contributed by atoms with Crippen molar-refractivity contribution in [3.05, 3.63) is 35.7 Å². The molecule has 128 valence electrons. The largest absolute Gasteiger partial charge is 0.342 e. The molecule has 5 heteroatoms. The molecule has 2 aromatic rings.